The quantitative estimate of drug-likeness (QED) is 0.0968. The van der Waals surface area contributed by atoms with Crippen LogP contribution in [0.4, 0.5) is 0 Å². The van der Waals surface area contributed by atoms with Crippen LogP contribution in [0.1, 0.15) is 116 Å². The summed E-state index contributed by atoms with van der Waals surface area (Å²) in [5.41, 5.74) is 0. The molecule has 2 unspecified atom stereocenters. The van der Waals surface area contributed by atoms with Crippen LogP contribution in [0.3, 0.4) is 0 Å². The highest BCUT2D eigenvalue weighted by Crippen LogP contribution is 2.34. The van der Waals surface area contributed by atoms with E-state index >= 15 is 0 Å². The van der Waals surface area contributed by atoms with Gasteiger partial charge < -0.3 is 35.2 Å². The highest BCUT2D eigenvalue weighted by Gasteiger charge is 2.40. The van der Waals surface area contributed by atoms with Gasteiger partial charge in [0.2, 0.25) is 0 Å². The first-order valence-corrected chi connectivity index (χ1v) is 14.5. The summed E-state index contributed by atoms with van der Waals surface area (Å²) >= 11 is 0. The van der Waals surface area contributed by atoms with E-state index in [0.717, 1.165) is 12.8 Å². The van der Waals surface area contributed by atoms with E-state index in [2.05, 4.69) is 6.92 Å². The first kappa shape index (κ1) is 36.0. The third-order valence-corrected chi connectivity index (χ3v) is 6.79. The summed E-state index contributed by atoms with van der Waals surface area (Å²) in [4.78, 5) is 11.3. The van der Waals surface area contributed by atoms with Crippen LogP contribution in [-0.4, -0.2) is 70.0 Å². The largest absolute Gasteiger partial charge is 0.593 e. The second kappa shape index (κ2) is 27.4. The number of hydrogen-bond acceptors (Lipinski definition) is 8. The molecular weight excluding hydrogens is 459 g/mol. The maximum atomic E-state index is 11.3. The number of aliphatic hydroxyl groups excluding tert-OH is 4. The minimum absolute atomic E-state index is 0.0461. The predicted octanol–water partition coefficient (Wildman–Crippen LogP) is 3.77. The van der Waals surface area contributed by atoms with Gasteiger partial charge in [-0.1, -0.05) is 108 Å². The van der Waals surface area contributed by atoms with E-state index in [1.165, 1.54) is 83.5 Å². The van der Waals surface area contributed by atoms with Crippen LogP contribution in [0.2, 0.25) is 0 Å². The van der Waals surface area contributed by atoms with Crippen LogP contribution < -0.4 is 4.89 Å². The van der Waals surface area contributed by atoms with Crippen LogP contribution in [0.15, 0.2) is 0 Å². The SMILES string of the molecule is CCCCCCCCCCCCCCCCCCC(O)(COCCO)[P+](=O)[O-].OCC(O)CO. The maximum Gasteiger partial charge on any atom is 0.346 e. The minimum atomic E-state index is -2.96. The molecule has 0 amide bonds. The molecule has 0 bridgehead atoms. The topological polar surface area (TPSA) is 151 Å². The Balaban J connectivity index is 0. The molecule has 0 aliphatic carbocycles. The summed E-state index contributed by atoms with van der Waals surface area (Å²) in [5, 5.41) is 41.0. The predicted molar refractivity (Wildman–Crippen MR) is 135 cm³/mol. The Morgan fingerprint density at radius 2 is 1.15 bits per heavy atom. The molecule has 0 radical (unpaired) electrons. The molecule has 0 saturated heterocycles. The smallest absolute Gasteiger partial charge is 0.346 e. The summed E-state index contributed by atoms with van der Waals surface area (Å²) in [6, 6.07) is 0. The van der Waals surface area contributed by atoms with Crippen LogP contribution in [0, 0.1) is 0 Å². The van der Waals surface area contributed by atoms with Gasteiger partial charge in [0, 0.05) is 6.42 Å². The van der Waals surface area contributed by atoms with Crippen molar-refractivity contribution in [1.29, 1.82) is 0 Å². The third kappa shape index (κ3) is 24.9. The van der Waals surface area contributed by atoms with Gasteiger partial charge in [-0.15, -0.1) is 0 Å². The van der Waals surface area contributed by atoms with E-state index in [9.17, 15) is 14.6 Å². The van der Waals surface area contributed by atoms with E-state index in [1.807, 2.05) is 0 Å². The number of unbranched alkanes of at least 4 members (excludes halogenated alkanes) is 15. The van der Waals surface area contributed by atoms with E-state index in [0.29, 0.717) is 6.42 Å². The normalized spacial score (nSPS) is 13.5. The minimum Gasteiger partial charge on any atom is -0.593 e. The highest BCUT2D eigenvalue weighted by molar-refractivity contribution is 7.38. The molecule has 0 fully saturated rings. The summed E-state index contributed by atoms with van der Waals surface area (Å²) < 4.78 is 16.3. The number of aliphatic hydroxyl groups is 5. The van der Waals surface area contributed by atoms with Crippen LogP contribution in [0.5, 0.6) is 0 Å². The molecule has 0 heterocycles. The molecule has 0 aromatic carbocycles. The fourth-order valence-electron chi connectivity index (χ4n) is 3.53. The first-order chi connectivity index (χ1) is 16.4. The molecule has 2 atom stereocenters. The summed E-state index contributed by atoms with van der Waals surface area (Å²) in [7, 11) is -2.96. The van der Waals surface area contributed by atoms with Crippen molar-refractivity contribution >= 4 is 8.03 Å². The lowest BCUT2D eigenvalue weighted by molar-refractivity contribution is -0.184. The lowest BCUT2D eigenvalue weighted by Gasteiger charge is -2.19. The molecule has 0 rings (SSSR count). The fraction of sp³-hybridized carbons (Fsp3) is 1.00. The average Bonchev–Trinajstić information content (AvgIpc) is 2.83. The molecule has 0 saturated carbocycles. The third-order valence-electron chi connectivity index (χ3n) is 5.76. The van der Waals surface area contributed by atoms with Gasteiger partial charge in [-0.05, 0) is 6.42 Å². The van der Waals surface area contributed by atoms with Gasteiger partial charge in [0.1, 0.15) is 12.7 Å². The van der Waals surface area contributed by atoms with E-state index in [-0.39, 0.29) is 39.5 Å². The molecular formula is C25H53O8P. The Hall–Kier alpha value is -0.180. The van der Waals surface area contributed by atoms with Crippen LogP contribution >= 0.6 is 8.03 Å². The maximum absolute atomic E-state index is 11.3. The van der Waals surface area contributed by atoms with Crippen molar-refractivity contribution in [3.05, 3.63) is 0 Å². The molecule has 0 aromatic heterocycles. The van der Waals surface area contributed by atoms with Crippen molar-refractivity contribution in [3.63, 3.8) is 0 Å². The van der Waals surface area contributed by atoms with Gasteiger partial charge in [0.25, 0.3) is 5.34 Å². The van der Waals surface area contributed by atoms with Crippen LogP contribution in [0.25, 0.3) is 0 Å². The van der Waals surface area contributed by atoms with Gasteiger partial charge in [0.05, 0.1) is 26.4 Å². The van der Waals surface area contributed by atoms with Gasteiger partial charge >= 0.3 is 8.03 Å². The monoisotopic (exact) mass is 512 g/mol. The van der Waals surface area contributed by atoms with E-state index in [1.54, 1.807) is 0 Å². The molecule has 8 nitrogen and oxygen atoms in total. The van der Waals surface area contributed by atoms with Crippen molar-refractivity contribution in [1.82, 2.24) is 0 Å². The average molecular weight is 513 g/mol. The Morgan fingerprint density at radius 3 is 1.44 bits per heavy atom. The van der Waals surface area contributed by atoms with Crippen molar-refractivity contribution in [3.8, 4) is 0 Å². The molecule has 206 valence electrons. The van der Waals surface area contributed by atoms with Crippen LogP contribution in [-0.2, 0) is 9.30 Å². The lowest BCUT2D eigenvalue weighted by atomic mass is 10.0. The van der Waals surface area contributed by atoms with Gasteiger partial charge in [-0.25, -0.2) is 0 Å². The standard InChI is InChI=1S/C22H45O5P.C3H8O3/c1-2-3-4-5-6-7-8-9-10-11-12-13-14-15-16-17-18-22(24,28(25)26)21-27-20-19-23;4-1-3(6)2-5/h23-24H,2-21H2,1H3;3-6H,1-2H2. The Kier molecular flexibility index (Phi) is 29.0. The van der Waals surface area contributed by atoms with Gasteiger partial charge in [0.15, 0.2) is 0 Å². The zero-order valence-corrected chi connectivity index (χ0v) is 22.4. The molecule has 0 aromatic rings. The van der Waals surface area contributed by atoms with Crippen molar-refractivity contribution in [2.24, 2.45) is 0 Å². The summed E-state index contributed by atoms with van der Waals surface area (Å²) in [6.45, 7) is 1.14. The zero-order valence-electron chi connectivity index (χ0n) is 21.5. The zero-order chi connectivity index (χ0) is 25.9. The second-order valence-corrected chi connectivity index (χ2v) is 10.4. The molecule has 0 aliphatic rings. The molecule has 34 heavy (non-hydrogen) atoms. The lowest BCUT2D eigenvalue weighted by Crippen LogP contribution is -2.34. The Labute approximate surface area is 208 Å². The number of rotatable bonds is 24. The number of hydrogen-bond donors (Lipinski definition) is 5. The summed E-state index contributed by atoms with van der Waals surface area (Å²) in [5.74, 6) is 0. The Morgan fingerprint density at radius 1 is 0.765 bits per heavy atom. The van der Waals surface area contributed by atoms with E-state index in [4.69, 9.17) is 25.2 Å². The van der Waals surface area contributed by atoms with Gasteiger partial charge in [-0.3, -0.25) is 0 Å². The first-order valence-electron chi connectivity index (χ1n) is 13.3. The van der Waals surface area contributed by atoms with Crippen molar-refractivity contribution in [2.45, 2.75) is 128 Å². The Bertz CT molecular complexity index is 424. The van der Waals surface area contributed by atoms with Gasteiger partial charge in [-0.2, -0.15) is 0 Å². The molecule has 5 N–H and O–H groups in total. The highest BCUT2D eigenvalue weighted by atomic mass is 31.1. The van der Waals surface area contributed by atoms with E-state index < -0.39 is 19.5 Å². The second-order valence-electron chi connectivity index (χ2n) is 9.09. The summed E-state index contributed by atoms with van der Waals surface area (Å²) in [6.07, 6.45) is 19.4. The number of ether oxygens (including phenoxy) is 1. The molecule has 0 aliphatic heterocycles. The van der Waals surface area contributed by atoms with Crippen molar-refractivity contribution in [2.75, 3.05) is 33.0 Å². The molecule has 9 heteroatoms. The molecule has 0 spiro atoms. The van der Waals surface area contributed by atoms with Crippen molar-refractivity contribution < 1.29 is 39.7 Å². The fourth-order valence-corrected chi connectivity index (χ4v) is 4.07.